The Kier molecular flexibility index (Phi) is 4.94. The molecule has 0 aliphatic heterocycles. The van der Waals surface area contributed by atoms with Crippen molar-refractivity contribution < 1.29 is 41.0 Å². The summed E-state index contributed by atoms with van der Waals surface area (Å²) in [4.78, 5) is 3.15. The normalized spacial score (nSPS) is 15.0. The van der Waals surface area contributed by atoms with Gasteiger partial charge in [-0.15, -0.1) is 0 Å². The van der Waals surface area contributed by atoms with Crippen molar-refractivity contribution in [3.63, 3.8) is 0 Å². The summed E-state index contributed by atoms with van der Waals surface area (Å²) in [5.74, 6) is -0.0825. The number of sulfonamides is 1. The first kappa shape index (κ1) is 14.9. The minimum atomic E-state index is -3.33. The molecule has 0 fully saturated rings. The number of hydrogen-bond donors (Lipinski definition) is 2. The maximum Gasteiger partial charge on any atom is 0.215 e. The molecule has 2 aromatic rings. The summed E-state index contributed by atoms with van der Waals surface area (Å²) in [5.41, 5.74) is 2.60. The molecular weight excluding hydrogens is 413 g/mol. The van der Waals surface area contributed by atoms with Crippen LogP contribution in [0.25, 0.3) is 10.9 Å². The average Bonchev–Trinajstić information content (AvgIpc) is 2.86. The molecule has 2 rings (SSSR count). The second kappa shape index (κ2) is 7.29. The SMILES string of the molecule is [2H]C([2H])([2H])[N+](C)(C)CCc1c[nH]c2ccc(CS(=O)(=O)NC)cc12.[I-]. The van der Waals surface area contributed by atoms with Crippen molar-refractivity contribution in [1.29, 1.82) is 0 Å². The van der Waals surface area contributed by atoms with E-state index < -0.39 is 17.0 Å². The highest BCUT2D eigenvalue weighted by Crippen LogP contribution is 2.21. The summed E-state index contributed by atoms with van der Waals surface area (Å²) >= 11 is 0. The predicted molar refractivity (Wildman–Crippen MR) is 86.6 cm³/mol. The number of H-pyrrole nitrogens is 1. The van der Waals surface area contributed by atoms with E-state index in [1.54, 1.807) is 20.2 Å². The van der Waals surface area contributed by atoms with E-state index in [1.165, 1.54) is 7.05 Å². The van der Waals surface area contributed by atoms with Crippen LogP contribution in [0.1, 0.15) is 15.2 Å². The van der Waals surface area contributed by atoms with Gasteiger partial charge in [-0.05, 0) is 30.3 Å². The molecule has 0 aliphatic carbocycles. The molecule has 0 amide bonds. The maximum atomic E-state index is 11.7. The zero-order valence-corrected chi connectivity index (χ0v) is 16.0. The predicted octanol–water partition coefficient (Wildman–Crippen LogP) is -1.53. The minimum absolute atomic E-state index is 0. The molecule has 2 N–H and O–H groups in total. The van der Waals surface area contributed by atoms with E-state index in [1.807, 2.05) is 18.3 Å². The van der Waals surface area contributed by atoms with Crippen LogP contribution < -0.4 is 28.7 Å². The molecule has 1 aromatic carbocycles. The smallest absolute Gasteiger partial charge is 0.215 e. The number of rotatable bonds is 6. The first-order valence-electron chi connectivity index (χ1n) is 8.28. The Morgan fingerprint density at radius 1 is 1.36 bits per heavy atom. The van der Waals surface area contributed by atoms with Crippen LogP contribution in [0.5, 0.6) is 0 Å². The largest absolute Gasteiger partial charge is 1.00 e. The Labute approximate surface area is 154 Å². The quantitative estimate of drug-likeness (QED) is 0.423. The van der Waals surface area contributed by atoms with Crippen molar-refractivity contribution >= 4 is 20.9 Å². The molecule has 5 nitrogen and oxygen atoms in total. The van der Waals surface area contributed by atoms with Crippen LogP contribution in [0.2, 0.25) is 0 Å². The zero-order valence-electron chi connectivity index (χ0n) is 16.0. The van der Waals surface area contributed by atoms with Crippen LogP contribution in [0, 0.1) is 0 Å². The van der Waals surface area contributed by atoms with Gasteiger partial charge < -0.3 is 33.4 Å². The average molecular weight is 440 g/mol. The highest BCUT2D eigenvalue weighted by molar-refractivity contribution is 7.88. The topological polar surface area (TPSA) is 62.0 Å². The fourth-order valence-corrected chi connectivity index (χ4v) is 2.98. The number of halogens is 1. The van der Waals surface area contributed by atoms with Crippen LogP contribution in [-0.4, -0.2) is 52.5 Å². The third kappa shape index (κ3) is 5.22. The fraction of sp³-hybridized carbons (Fsp3) is 0.467. The van der Waals surface area contributed by atoms with Gasteiger partial charge in [0.25, 0.3) is 0 Å². The van der Waals surface area contributed by atoms with Crippen molar-refractivity contribution in [1.82, 2.24) is 9.71 Å². The molecule has 0 spiro atoms. The molecule has 0 saturated heterocycles. The molecule has 0 atom stereocenters. The Bertz CT molecular complexity index is 832. The van der Waals surface area contributed by atoms with Crippen LogP contribution in [-0.2, 0) is 22.2 Å². The lowest BCUT2D eigenvalue weighted by molar-refractivity contribution is -0.870. The lowest BCUT2D eigenvalue weighted by atomic mass is 10.1. The highest BCUT2D eigenvalue weighted by atomic mass is 127. The molecule has 7 heteroatoms. The summed E-state index contributed by atoms with van der Waals surface area (Å²) < 4.78 is 48.5. The highest BCUT2D eigenvalue weighted by Gasteiger charge is 2.13. The third-order valence-corrected chi connectivity index (χ3v) is 4.78. The van der Waals surface area contributed by atoms with Gasteiger partial charge in [-0.25, -0.2) is 13.1 Å². The zero-order chi connectivity index (χ0) is 18.2. The van der Waals surface area contributed by atoms with Crippen LogP contribution in [0.15, 0.2) is 24.4 Å². The standard InChI is InChI=1S/C15H24N3O2S.HI/c1-16-21(19,20)11-12-5-6-15-14(9-12)13(10-17-15)7-8-18(2,3)4;/h5-6,9-10,16-17H,7-8,11H2,1-4H3;1H/q+1;/p-1/i2D3;. The van der Waals surface area contributed by atoms with E-state index in [2.05, 4.69) is 9.71 Å². The molecule has 0 bridgehead atoms. The number of nitrogens with zero attached hydrogens (tertiary/aromatic N) is 1. The number of nitrogens with one attached hydrogen (secondary N) is 2. The van der Waals surface area contributed by atoms with Crippen LogP contribution >= 0.6 is 0 Å². The second-order valence-corrected chi connectivity index (χ2v) is 7.74. The molecule has 22 heavy (non-hydrogen) atoms. The Morgan fingerprint density at radius 3 is 2.73 bits per heavy atom. The number of likely N-dealkylation sites (N-methyl/N-ethyl adjacent to an activating group) is 1. The third-order valence-electron chi connectivity index (χ3n) is 3.44. The van der Waals surface area contributed by atoms with E-state index in [0.717, 1.165) is 16.5 Å². The molecule has 0 aliphatic rings. The van der Waals surface area contributed by atoms with E-state index in [4.69, 9.17) is 4.11 Å². The number of benzene rings is 1. The minimum Gasteiger partial charge on any atom is -1.00 e. The number of aromatic amines is 1. The summed E-state index contributed by atoms with van der Waals surface area (Å²) in [7, 11) is 1.44. The summed E-state index contributed by atoms with van der Waals surface area (Å²) in [6.45, 7) is -1.61. The number of quaternary nitrogens is 1. The van der Waals surface area contributed by atoms with E-state index in [9.17, 15) is 8.42 Å². The van der Waals surface area contributed by atoms with Gasteiger partial charge in [-0.1, -0.05) is 6.07 Å². The van der Waals surface area contributed by atoms with Gasteiger partial charge in [-0.3, -0.25) is 0 Å². The molecule has 0 radical (unpaired) electrons. The first-order chi connectivity index (χ1) is 11.0. The monoisotopic (exact) mass is 440 g/mol. The van der Waals surface area contributed by atoms with E-state index in [0.29, 0.717) is 18.5 Å². The summed E-state index contributed by atoms with van der Waals surface area (Å²) in [6.07, 6.45) is 2.45. The van der Waals surface area contributed by atoms with Crippen molar-refractivity contribution in [2.45, 2.75) is 12.2 Å². The lowest BCUT2D eigenvalue weighted by Crippen LogP contribution is -3.00. The summed E-state index contributed by atoms with van der Waals surface area (Å²) in [5, 5.41) is 0.935. The van der Waals surface area contributed by atoms with E-state index >= 15 is 0 Å². The van der Waals surface area contributed by atoms with Gasteiger partial charge in [0, 0.05) is 23.5 Å². The van der Waals surface area contributed by atoms with Gasteiger partial charge in [0.1, 0.15) is 0 Å². The van der Waals surface area contributed by atoms with Crippen molar-refractivity contribution in [3.05, 3.63) is 35.5 Å². The van der Waals surface area contributed by atoms with Gasteiger partial charge in [0.15, 0.2) is 0 Å². The number of hydrogen-bond acceptors (Lipinski definition) is 2. The second-order valence-electron chi connectivity index (χ2n) is 5.82. The van der Waals surface area contributed by atoms with Gasteiger partial charge >= 0.3 is 0 Å². The Hall–Kier alpha value is -0.640. The van der Waals surface area contributed by atoms with Crippen molar-refractivity contribution in [2.75, 3.05) is 34.7 Å². The van der Waals surface area contributed by atoms with Gasteiger partial charge in [0.05, 0.1) is 37.5 Å². The van der Waals surface area contributed by atoms with Crippen molar-refractivity contribution in [2.24, 2.45) is 0 Å². The summed E-state index contributed by atoms with van der Waals surface area (Å²) in [6, 6.07) is 5.48. The first-order valence-corrected chi connectivity index (χ1v) is 8.44. The molecule has 1 heterocycles. The lowest BCUT2D eigenvalue weighted by Gasteiger charge is -2.23. The van der Waals surface area contributed by atoms with Gasteiger partial charge in [0.2, 0.25) is 10.0 Å². The number of fused-ring (bicyclic) bond motifs is 1. The number of aromatic nitrogens is 1. The maximum absolute atomic E-state index is 11.7. The van der Waals surface area contributed by atoms with Crippen LogP contribution in [0.4, 0.5) is 0 Å². The Morgan fingerprint density at radius 2 is 2.09 bits per heavy atom. The fourth-order valence-electron chi connectivity index (χ4n) is 2.21. The Balaban J connectivity index is 0.00000312. The van der Waals surface area contributed by atoms with Gasteiger partial charge in [-0.2, -0.15) is 0 Å². The van der Waals surface area contributed by atoms with E-state index in [-0.39, 0.29) is 34.2 Å². The van der Waals surface area contributed by atoms with Crippen molar-refractivity contribution in [3.8, 4) is 0 Å². The van der Waals surface area contributed by atoms with Crippen LogP contribution in [0.3, 0.4) is 0 Å². The molecule has 1 aromatic heterocycles. The molecule has 0 saturated carbocycles. The molecular formula is C15H24IN3O2S. The molecule has 0 unspecified atom stereocenters. The molecule has 124 valence electrons.